The quantitative estimate of drug-likeness (QED) is 0.455. The number of benzene rings is 2. The van der Waals surface area contributed by atoms with E-state index < -0.39 is 22.9 Å². The highest BCUT2D eigenvalue weighted by Crippen LogP contribution is 2.35. The van der Waals surface area contributed by atoms with E-state index in [1.54, 1.807) is 29.7 Å². The third-order valence-corrected chi connectivity index (χ3v) is 5.61. The lowest BCUT2D eigenvalue weighted by molar-refractivity contribution is -0.105. The number of anilines is 1. The van der Waals surface area contributed by atoms with Gasteiger partial charge in [-0.15, -0.1) is 11.8 Å². The molecule has 0 fully saturated rings. The van der Waals surface area contributed by atoms with Gasteiger partial charge in [-0.05, 0) is 24.0 Å². The van der Waals surface area contributed by atoms with Crippen LogP contribution in [0, 0.1) is 5.92 Å². The smallest absolute Gasteiger partial charge is 0.402 e. The van der Waals surface area contributed by atoms with E-state index in [2.05, 4.69) is 18.2 Å². The molecule has 2 rings (SSSR count). The SMILES string of the molecule is C=CS/C=C(/Oc1ccc(NS(=O)CC(F)(F)F)c2ccccc12)C(C)CC. The van der Waals surface area contributed by atoms with Gasteiger partial charge in [0.25, 0.3) is 0 Å². The fourth-order valence-corrected chi connectivity index (χ4v) is 3.74. The van der Waals surface area contributed by atoms with E-state index in [0.717, 1.165) is 12.2 Å². The number of thioether (sulfide) groups is 1. The maximum atomic E-state index is 12.5. The molecule has 0 aliphatic heterocycles. The zero-order valence-corrected chi connectivity index (χ0v) is 17.2. The van der Waals surface area contributed by atoms with Crippen molar-refractivity contribution in [2.75, 3.05) is 10.5 Å². The molecule has 0 bridgehead atoms. The monoisotopic (exact) mass is 429 g/mol. The Labute approximate surface area is 169 Å². The van der Waals surface area contributed by atoms with Gasteiger partial charge in [-0.2, -0.15) is 13.2 Å². The molecule has 3 nitrogen and oxygen atoms in total. The van der Waals surface area contributed by atoms with E-state index in [9.17, 15) is 17.4 Å². The Hall–Kier alpha value is -1.93. The Morgan fingerprint density at radius 2 is 1.96 bits per heavy atom. The average Bonchev–Trinajstić information content (AvgIpc) is 2.64. The Balaban J connectivity index is 2.37. The summed E-state index contributed by atoms with van der Waals surface area (Å²) in [4.78, 5) is 0. The maximum Gasteiger partial charge on any atom is 0.402 e. The molecule has 8 heteroatoms. The third-order valence-electron chi connectivity index (χ3n) is 4.01. The number of rotatable bonds is 9. The second kappa shape index (κ2) is 10.0. The summed E-state index contributed by atoms with van der Waals surface area (Å²) >= 11 is 1.42. The van der Waals surface area contributed by atoms with Gasteiger partial charge in [0.2, 0.25) is 0 Å². The predicted molar refractivity (Wildman–Crippen MR) is 113 cm³/mol. The van der Waals surface area contributed by atoms with Gasteiger partial charge in [0.1, 0.15) is 28.2 Å². The van der Waals surface area contributed by atoms with E-state index in [1.807, 2.05) is 24.5 Å². The van der Waals surface area contributed by atoms with Crippen molar-refractivity contribution in [3.63, 3.8) is 0 Å². The molecule has 0 spiro atoms. The summed E-state index contributed by atoms with van der Waals surface area (Å²) < 4.78 is 57.8. The molecule has 0 saturated carbocycles. The number of hydrogen-bond donors (Lipinski definition) is 1. The molecular weight excluding hydrogens is 407 g/mol. The van der Waals surface area contributed by atoms with Crippen molar-refractivity contribution in [3.8, 4) is 5.75 Å². The predicted octanol–water partition coefficient (Wildman–Crippen LogP) is 6.62. The average molecular weight is 430 g/mol. The molecule has 0 heterocycles. The van der Waals surface area contributed by atoms with Crippen molar-refractivity contribution in [2.45, 2.75) is 26.4 Å². The first-order valence-corrected chi connectivity index (χ1v) is 10.9. The number of nitrogens with one attached hydrogen (secondary N) is 1. The molecule has 1 N–H and O–H groups in total. The molecule has 0 saturated heterocycles. The number of alkyl halides is 3. The van der Waals surface area contributed by atoms with Crippen LogP contribution in [0.5, 0.6) is 5.75 Å². The van der Waals surface area contributed by atoms with Crippen LogP contribution in [0.2, 0.25) is 0 Å². The van der Waals surface area contributed by atoms with Gasteiger partial charge < -0.3 is 9.46 Å². The third kappa shape index (κ3) is 6.31. The first-order chi connectivity index (χ1) is 13.2. The minimum absolute atomic E-state index is 0.184. The van der Waals surface area contributed by atoms with Crippen molar-refractivity contribution < 1.29 is 22.1 Å². The van der Waals surface area contributed by atoms with Crippen molar-refractivity contribution in [1.29, 1.82) is 0 Å². The van der Waals surface area contributed by atoms with Gasteiger partial charge >= 0.3 is 6.18 Å². The Morgan fingerprint density at radius 1 is 1.29 bits per heavy atom. The van der Waals surface area contributed by atoms with Gasteiger partial charge in [-0.1, -0.05) is 44.7 Å². The summed E-state index contributed by atoms with van der Waals surface area (Å²) in [6, 6.07) is 10.4. The summed E-state index contributed by atoms with van der Waals surface area (Å²) in [5.74, 6) is 0.125. The second-order valence-electron chi connectivity index (χ2n) is 6.10. The van der Waals surface area contributed by atoms with E-state index >= 15 is 0 Å². The lowest BCUT2D eigenvalue weighted by Crippen LogP contribution is -2.22. The molecule has 0 radical (unpaired) electrons. The Bertz CT molecular complexity index is 881. The topological polar surface area (TPSA) is 38.3 Å². The van der Waals surface area contributed by atoms with E-state index in [4.69, 9.17) is 4.74 Å². The highest BCUT2D eigenvalue weighted by Gasteiger charge is 2.30. The molecule has 0 aromatic heterocycles. The number of halogens is 3. The lowest BCUT2D eigenvalue weighted by atomic mass is 10.1. The van der Waals surface area contributed by atoms with Crippen LogP contribution in [0.15, 0.2) is 59.6 Å². The van der Waals surface area contributed by atoms with Gasteiger partial charge in [0, 0.05) is 22.1 Å². The zero-order chi connectivity index (χ0) is 20.7. The van der Waals surface area contributed by atoms with Crippen LogP contribution in [-0.2, 0) is 11.0 Å². The van der Waals surface area contributed by atoms with Crippen molar-refractivity contribution in [2.24, 2.45) is 5.92 Å². The number of fused-ring (bicyclic) bond motifs is 1. The molecule has 2 aromatic carbocycles. The standard InChI is InChI=1S/C20H22F3NO2S2/c1-4-14(3)19(12-27-5-2)26-18-11-10-17(15-8-6-7-9-16(15)18)24-28(25)13-20(21,22)23/h5-12,14,24H,2,4,13H2,1,3H3/b19-12+. The molecule has 0 aliphatic rings. The van der Waals surface area contributed by atoms with Gasteiger partial charge in [0.15, 0.2) is 0 Å². The minimum atomic E-state index is -4.50. The summed E-state index contributed by atoms with van der Waals surface area (Å²) in [7, 11) is -2.27. The van der Waals surface area contributed by atoms with Crippen LogP contribution in [-0.4, -0.2) is 16.1 Å². The van der Waals surface area contributed by atoms with E-state index in [-0.39, 0.29) is 5.92 Å². The molecule has 152 valence electrons. The van der Waals surface area contributed by atoms with Crippen LogP contribution in [0.3, 0.4) is 0 Å². The van der Waals surface area contributed by atoms with E-state index in [1.165, 1.54) is 11.8 Å². The first kappa shape index (κ1) is 22.4. The summed E-state index contributed by atoms with van der Waals surface area (Å²) in [6.07, 6.45) is -3.62. The highest BCUT2D eigenvalue weighted by atomic mass is 32.2. The van der Waals surface area contributed by atoms with Crippen molar-refractivity contribution >= 4 is 39.2 Å². The van der Waals surface area contributed by atoms with Crippen LogP contribution < -0.4 is 9.46 Å². The van der Waals surface area contributed by atoms with Gasteiger partial charge in [-0.3, -0.25) is 0 Å². The van der Waals surface area contributed by atoms with Gasteiger partial charge in [-0.25, -0.2) is 4.21 Å². The van der Waals surface area contributed by atoms with Crippen LogP contribution in [0.4, 0.5) is 18.9 Å². The summed E-state index contributed by atoms with van der Waals surface area (Å²) in [5, 5.41) is 4.94. The number of allylic oxidation sites excluding steroid dienone is 1. The maximum absolute atomic E-state index is 12.5. The molecule has 0 amide bonds. The number of ether oxygens (including phenoxy) is 1. The van der Waals surface area contributed by atoms with E-state index in [0.29, 0.717) is 22.2 Å². The minimum Gasteiger partial charge on any atom is -0.460 e. The summed E-state index contributed by atoms with van der Waals surface area (Å²) in [5.41, 5.74) is 0.361. The molecule has 0 aliphatic carbocycles. The fraction of sp³-hybridized carbons (Fsp3) is 0.300. The zero-order valence-electron chi connectivity index (χ0n) is 15.6. The van der Waals surface area contributed by atoms with Crippen LogP contribution >= 0.6 is 11.8 Å². The van der Waals surface area contributed by atoms with Crippen molar-refractivity contribution in [1.82, 2.24) is 0 Å². The molecule has 2 atom stereocenters. The van der Waals surface area contributed by atoms with Crippen LogP contribution in [0.1, 0.15) is 20.3 Å². The van der Waals surface area contributed by atoms with Gasteiger partial charge in [0.05, 0.1) is 5.69 Å². The second-order valence-corrected chi connectivity index (χ2v) is 8.12. The normalized spacial score (nSPS) is 14.5. The number of hydrogen-bond acceptors (Lipinski definition) is 3. The highest BCUT2D eigenvalue weighted by molar-refractivity contribution is 8.04. The molecular formula is C20H22F3NO2S2. The fourth-order valence-electron chi connectivity index (χ4n) is 2.44. The largest absolute Gasteiger partial charge is 0.460 e. The molecule has 2 unspecified atom stereocenters. The summed E-state index contributed by atoms with van der Waals surface area (Å²) in [6.45, 7) is 7.79. The Kier molecular flexibility index (Phi) is 8.00. The first-order valence-electron chi connectivity index (χ1n) is 8.63. The Morgan fingerprint density at radius 3 is 2.57 bits per heavy atom. The van der Waals surface area contributed by atoms with Crippen molar-refractivity contribution in [3.05, 3.63) is 59.6 Å². The van der Waals surface area contributed by atoms with Crippen LogP contribution in [0.25, 0.3) is 10.8 Å². The lowest BCUT2D eigenvalue weighted by Gasteiger charge is -2.18. The molecule has 2 aromatic rings. The molecule has 28 heavy (non-hydrogen) atoms.